The molecule has 0 unspecified atom stereocenters. The van der Waals surface area contributed by atoms with Crippen LogP contribution in [0.1, 0.15) is 18.9 Å². The molecule has 0 aliphatic heterocycles. The highest BCUT2D eigenvalue weighted by atomic mass is 32.1. The quantitative estimate of drug-likeness (QED) is 0.807. The largest absolute Gasteiger partial charge is 0.508 e. The van der Waals surface area contributed by atoms with Crippen molar-refractivity contribution in [1.82, 2.24) is 14.8 Å². The van der Waals surface area contributed by atoms with E-state index < -0.39 is 5.82 Å². The number of halogens is 1. The number of aromatic nitrogens is 3. The van der Waals surface area contributed by atoms with Crippen LogP contribution >= 0.6 is 12.2 Å². The summed E-state index contributed by atoms with van der Waals surface area (Å²) in [4.78, 5) is 0. The van der Waals surface area contributed by atoms with Crippen LogP contribution in [-0.2, 0) is 0 Å². The van der Waals surface area contributed by atoms with Gasteiger partial charge in [0.1, 0.15) is 11.6 Å². The van der Waals surface area contributed by atoms with Crippen molar-refractivity contribution in [2.45, 2.75) is 18.9 Å². The van der Waals surface area contributed by atoms with E-state index >= 15 is 0 Å². The number of rotatable bonds is 2. The molecule has 2 aromatic rings. The van der Waals surface area contributed by atoms with Crippen LogP contribution in [-0.4, -0.2) is 19.9 Å². The van der Waals surface area contributed by atoms with E-state index in [1.54, 1.807) is 0 Å². The van der Waals surface area contributed by atoms with E-state index in [-0.39, 0.29) is 5.75 Å². The van der Waals surface area contributed by atoms with Crippen LogP contribution in [0.5, 0.6) is 5.75 Å². The lowest BCUT2D eigenvalue weighted by molar-refractivity contribution is 0.469. The van der Waals surface area contributed by atoms with Crippen LogP contribution in [0, 0.1) is 10.6 Å². The molecule has 0 spiro atoms. The Morgan fingerprint density at radius 1 is 1.47 bits per heavy atom. The first-order valence-corrected chi connectivity index (χ1v) is 5.73. The zero-order valence-electron chi connectivity index (χ0n) is 8.85. The van der Waals surface area contributed by atoms with Crippen LogP contribution in [0.4, 0.5) is 4.39 Å². The molecular formula is C11H10FN3OS. The molecule has 17 heavy (non-hydrogen) atoms. The molecule has 1 aromatic heterocycles. The Labute approximate surface area is 102 Å². The third-order valence-corrected chi connectivity index (χ3v) is 3.10. The molecule has 2 N–H and O–H groups in total. The van der Waals surface area contributed by atoms with Crippen LogP contribution in [0.2, 0.25) is 0 Å². The van der Waals surface area contributed by atoms with E-state index in [0.29, 0.717) is 22.2 Å². The van der Waals surface area contributed by atoms with E-state index in [2.05, 4.69) is 10.2 Å². The maximum Gasteiger partial charge on any atom is 0.195 e. The van der Waals surface area contributed by atoms with Crippen molar-refractivity contribution in [3.8, 4) is 17.1 Å². The minimum absolute atomic E-state index is 0.0987. The summed E-state index contributed by atoms with van der Waals surface area (Å²) in [7, 11) is 0. The molecule has 1 aliphatic carbocycles. The SMILES string of the molecule is Oc1ccc(-c2n[nH]c(=S)n2C2CC2)c(F)c1. The van der Waals surface area contributed by atoms with E-state index in [1.165, 1.54) is 12.1 Å². The van der Waals surface area contributed by atoms with Crippen molar-refractivity contribution in [2.24, 2.45) is 0 Å². The van der Waals surface area contributed by atoms with Crippen molar-refractivity contribution in [1.29, 1.82) is 0 Å². The summed E-state index contributed by atoms with van der Waals surface area (Å²) in [6.45, 7) is 0. The van der Waals surface area contributed by atoms with E-state index in [0.717, 1.165) is 18.9 Å². The summed E-state index contributed by atoms with van der Waals surface area (Å²) in [6.07, 6.45) is 2.08. The zero-order chi connectivity index (χ0) is 12.0. The minimum Gasteiger partial charge on any atom is -0.508 e. The highest BCUT2D eigenvalue weighted by Gasteiger charge is 2.28. The summed E-state index contributed by atoms with van der Waals surface area (Å²) in [5.41, 5.74) is 0.349. The van der Waals surface area contributed by atoms with Gasteiger partial charge in [-0.15, -0.1) is 0 Å². The first-order valence-electron chi connectivity index (χ1n) is 5.32. The molecule has 1 fully saturated rings. The first kappa shape index (κ1) is 10.5. The van der Waals surface area contributed by atoms with Crippen molar-refractivity contribution < 1.29 is 9.50 Å². The Morgan fingerprint density at radius 3 is 2.88 bits per heavy atom. The molecule has 88 valence electrons. The Hall–Kier alpha value is -1.69. The number of phenolic OH excluding ortho intramolecular Hbond substituents is 1. The lowest BCUT2D eigenvalue weighted by atomic mass is 10.2. The Morgan fingerprint density at radius 2 is 2.24 bits per heavy atom. The van der Waals surface area contributed by atoms with E-state index in [9.17, 15) is 9.50 Å². The number of benzene rings is 1. The van der Waals surface area contributed by atoms with Crippen LogP contribution in [0.25, 0.3) is 11.4 Å². The Balaban J connectivity index is 2.18. The van der Waals surface area contributed by atoms with E-state index in [4.69, 9.17) is 12.2 Å². The molecule has 0 atom stereocenters. The zero-order valence-corrected chi connectivity index (χ0v) is 9.67. The standard InChI is InChI=1S/C11H10FN3OS/c12-9-5-7(16)3-4-8(9)10-13-14-11(17)15(10)6-1-2-6/h3-6,16H,1-2H2,(H,14,17). The smallest absolute Gasteiger partial charge is 0.195 e. The van der Waals surface area contributed by atoms with Gasteiger partial charge in [-0.2, -0.15) is 5.10 Å². The van der Waals surface area contributed by atoms with Gasteiger partial charge in [0.25, 0.3) is 0 Å². The van der Waals surface area contributed by atoms with Gasteiger partial charge < -0.3 is 5.11 Å². The second kappa shape index (κ2) is 3.66. The molecule has 4 nitrogen and oxygen atoms in total. The molecule has 1 heterocycles. The van der Waals surface area contributed by atoms with Crippen LogP contribution < -0.4 is 0 Å². The monoisotopic (exact) mass is 251 g/mol. The third-order valence-electron chi connectivity index (χ3n) is 2.81. The second-order valence-corrected chi connectivity index (χ2v) is 4.50. The van der Waals surface area contributed by atoms with Crippen LogP contribution in [0.3, 0.4) is 0 Å². The number of nitrogens with zero attached hydrogens (tertiary/aromatic N) is 2. The molecule has 1 saturated carbocycles. The van der Waals surface area contributed by atoms with Crippen molar-refractivity contribution in [3.05, 3.63) is 28.8 Å². The fraction of sp³-hybridized carbons (Fsp3) is 0.273. The maximum atomic E-state index is 13.7. The lowest BCUT2D eigenvalue weighted by Crippen LogP contribution is -1.99. The summed E-state index contributed by atoms with van der Waals surface area (Å²) in [5.74, 6) is -0.103. The van der Waals surface area contributed by atoms with Gasteiger partial charge in [-0.05, 0) is 37.2 Å². The maximum absolute atomic E-state index is 13.7. The third kappa shape index (κ3) is 1.74. The topological polar surface area (TPSA) is 53.8 Å². The molecule has 0 amide bonds. The predicted octanol–water partition coefficient (Wildman–Crippen LogP) is 2.79. The number of nitrogens with one attached hydrogen (secondary N) is 1. The number of phenols is 1. The van der Waals surface area contributed by atoms with Gasteiger partial charge in [-0.3, -0.25) is 9.67 Å². The predicted molar refractivity (Wildman–Crippen MR) is 62.7 cm³/mol. The summed E-state index contributed by atoms with van der Waals surface area (Å²) in [5, 5.41) is 15.9. The van der Waals surface area contributed by atoms with E-state index in [1.807, 2.05) is 4.57 Å². The Bertz CT molecular complexity index is 630. The highest BCUT2D eigenvalue weighted by molar-refractivity contribution is 7.71. The normalized spacial score (nSPS) is 15.1. The molecule has 1 aliphatic rings. The van der Waals surface area contributed by atoms with Crippen molar-refractivity contribution in [3.63, 3.8) is 0 Å². The fourth-order valence-electron chi connectivity index (χ4n) is 1.85. The number of aromatic hydroxyl groups is 1. The van der Waals surface area contributed by atoms with Crippen molar-refractivity contribution in [2.75, 3.05) is 0 Å². The number of hydrogen-bond donors (Lipinski definition) is 2. The van der Waals surface area contributed by atoms with Crippen molar-refractivity contribution >= 4 is 12.2 Å². The fourth-order valence-corrected chi connectivity index (χ4v) is 2.13. The van der Waals surface area contributed by atoms with Gasteiger partial charge in [0.15, 0.2) is 10.6 Å². The molecule has 3 rings (SSSR count). The number of hydrogen-bond acceptors (Lipinski definition) is 3. The summed E-state index contributed by atoms with van der Waals surface area (Å²) < 4.78 is 16.1. The lowest BCUT2D eigenvalue weighted by Gasteiger charge is -2.06. The van der Waals surface area contributed by atoms with Gasteiger partial charge in [0, 0.05) is 12.1 Å². The first-order chi connectivity index (χ1) is 8.16. The molecular weight excluding hydrogens is 241 g/mol. The molecule has 0 saturated heterocycles. The van der Waals surface area contributed by atoms with Crippen LogP contribution in [0.15, 0.2) is 18.2 Å². The Kier molecular flexibility index (Phi) is 2.25. The average Bonchev–Trinajstić information content (AvgIpc) is 3.03. The van der Waals surface area contributed by atoms with Gasteiger partial charge in [-0.1, -0.05) is 0 Å². The molecule has 0 bridgehead atoms. The summed E-state index contributed by atoms with van der Waals surface area (Å²) in [6, 6.07) is 4.34. The van der Waals surface area contributed by atoms with Gasteiger partial charge >= 0.3 is 0 Å². The van der Waals surface area contributed by atoms with Gasteiger partial charge in [-0.25, -0.2) is 4.39 Å². The highest BCUT2D eigenvalue weighted by Crippen LogP contribution is 2.38. The van der Waals surface area contributed by atoms with Gasteiger partial charge in [0.2, 0.25) is 0 Å². The molecule has 0 radical (unpaired) electrons. The molecule has 1 aromatic carbocycles. The number of aromatic amines is 1. The molecule has 6 heteroatoms. The number of H-pyrrole nitrogens is 1. The summed E-state index contributed by atoms with van der Waals surface area (Å²) >= 11 is 5.13. The minimum atomic E-state index is -0.499. The second-order valence-electron chi connectivity index (χ2n) is 4.12. The van der Waals surface area contributed by atoms with Gasteiger partial charge in [0.05, 0.1) is 5.56 Å². The average molecular weight is 251 g/mol.